The highest BCUT2D eigenvalue weighted by Gasteiger charge is 2.19. The first-order valence-corrected chi connectivity index (χ1v) is 30.2. The van der Waals surface area contributed by atoms with Gasteiger partial charge in [0.25, 0.3) is 0 Å². The van der Waals surface area contributed by atoms with E-state index in [9.17, 15) is 4.79 Å². The van der Waals surface area contributed by atoms with Crippen LogP contribution < -0.4 is 42.6 Å². The van der Waals surface area contributed by atoms with Crippen LogP contribution in [0.3, 0.4) is 0 Å². The van der Waals surface area contributed by atoms with Crippen molar-refractivity contribution in [3.63, 3.8) is 0 Å². The van der Waals surface area contributed by atoms with Crippen LogP contribution in [0.25, 0.3) is 66.8 Å². The van der Waals surface area contributed by atoms with E-state index >= 15 is 0 Å². The highest BCUT2D eigenvalue weighted by Crippen LogP contribution is 2.39. The minimum Gasteiger partial charge on any atom is -0.463 e. The van der Waals surface area contributed by atoms with Crippen LogP contribution in [0.5, 0.6) is 88.6 Å². The van der Waals surface area contributed by atoms with Gasteiger partial charge in [-0.1, -0.05) is 113 Å². The minimum absolute atomic E-state index is 0.00822. The van der Waals surface area contributed by atoms with Gasteiger partial charge in [0, 0.05) is 0 Å². The lowest BCUT2D eigenvalue weighted by molar-refractivity contribution is -0.115. The van der Waals surface area contributed by atoms with Gasteiger partial charge < -0.3 is 47.4 Å². The Hall–Kier alpha value is -11.3. The third-order valence-corrected chi connectivity index (χ3v) is 14.2. The van der Waals surface area contributed by atoms with E-state index in [1.807, 2.05) is 146 Å². The van der Waals surface area contributed by atoms with Crippen LogP contribution in [-0.2, 0) is 4.79 Å². The first kappa shape index (κ1) is 60.0. The molecule has 0 unspecified atom stereocenters. The van der Waals surface area contributed by atoms with E-state index in [2.05, 4.69) is 102 Å². The number of aromatic nitrogens is 9. The molecule has 91 heavy (non-hydrogen) atoms. The van der Waals surface area contributed by atoms with Crippen molar-refractivity contribution in [2.75, 3.05) is 19.8 Å². The summed E-state index contributed by atoms with van der Waals surface area (Å²) in [6.45, 7) is 10.5. The van der Waals surface area contributed by atoms with Crippen molar-refractivity contribution in [3.05, 3.63) is 182 Å². The fraction of sp³-hybridized carbons (Fsp3) is 0.194. The SMILES string of the molecule is CC(C)=O.CCCCOc1nc2nc(n1)Oc1ccc(cc1)-c1cc3cc(c1)-c1ccc(cc1)Oc1nc(OCCCC)nc(n1)Oc1ccc(cc1)-c1cc(cc(c1)-c1ccc(cc1)Oc1nc(OCCCC)nc(n1)Oc1ccc-3cc1)-c1ccc(cc1)O2. The fourth-order valence-electron chi connectivity index (χ4n) is 9.53. The van der Waals surface area contributed by atoms with Gasteiger partial charge in [-0.25, -0.2) is 0 Å². The summed E-state index contributed by atoms with van der Waals surface area (Å²) in [7, 11) is 0. The molecule has 0 atom stereocenters. The predicted molar refractivity (Wildman–Crippen MR) is 343 cm³/mol. The monoisotopic (exact) mass is 1210 g/mol. The number of Topliss-reactive ketones (excluding diaryl/α,β-unsaturated/α-hetero) is 1. The van der Waals surface area contributed by atoms with Gasteiger partial charge in [-0.05, 0) is 209 Å². The lowest BCUT2D eigenvalue weighted by Gasteiger charge is -2.14. The summed E-state index contributed by atoms with van der Waals surface area (Å²) in [4.78, 5) is 50.4. The van der Waals surface area contributed by atoms with Crippen LogP contribution in [0.15, 0.2) is 182 Å². The van der Waals surface area contributed by atoms with Crippen LogP contribution in [0.1, 0.15) is 73.1 Å². The Bertz CT molecular complexity index is 3610. The lowest BCUT2D eigenvalue weighted by Crippen LogP contribution is -2.05. The van der Waals surface area contributed by atoms with Gasteiger partial charge in [-0.2, -0.15) is 0 Å². The standard InChI is InChI=1S/C69H57N9O9.C3H6O/c1-4-7-34-79-61-70-64-76-65(71-61)83-56-24-12-44(13-25-56)50-38-52-42-54(40-50)48-20-32-60(33-21-48)87-69-75-63(81-36-9-6-3)74-68(78-69)86-59-30-18-47(19-31-59)53-39-49(43-10-22-55(82-64)23-11-43)37-51(41-53)45-14-26-57(27-15-45)84-66-72-62(80-35-8-5-2)73-67(77-66)85-58-28-16-46(52)17-29-58;1-3(2)4/h10-33,37-42H,4-9,34-36H2,1-3H3;1-2H3. The van der Waals surface area contributed by atoms with Crippen LogP contribution in [0.2, 0.25) is 0 Å². The van der Waals surface area contributed by atoms with Crippen molar-refractivity contribution in [2.45, 2.75) is 73.1 Å². The maximum atomic E-state index is 9.44. The number of hydrogen-bond acceptors (Lipinski definition) is 19. The number of rotatable bonds is 12. The molecule has 0 spiro atoms. The topological polar surface area (TPSA) is 216 Å². The van der Waals surface area contributed by atoms with Crippen LogP contribution in [-0.4, -0.2) is 70.5 Å². The third-order valence-electron chi connectivity index (χ3n) is 14.2. The second-order valence-corrected chi connectivity index (χ2v) is 21.4. The van der Waals surface area contributed by atoms with Crippen molar-refractivity contribution >= 4 is 5.78 Å². The first-order valence-electron chi connectivity index (χ1n) is 30.2. The molecule has 21 aliphatic heterocycles. The zero-order chi connectivity index (χ0) is 62.5. The number of carbonyl (C=O) groups excluding carboxylic acids is 1. The maximum absolute atomic E-state index is 9.44. The molecule has 19 heteroatoms. The summed E-state index contributed by atoms with van der Waals surface area (Å²) in [5.74, 6) is 3.09. The molecule has 0 saturated carbocycles. The zero-order valence-electron chi connectivity index (χ0n) is 50.8. The van der Waals surface area contributed by atoms with E-state index in [1.165, 1.54) is 13.8 Å². The molecule has 0 saturated heterocycles. The van der Waals surface area contributed by atoms with Gasteiger partial charge in [0.1, 0.15) is 40.3 Å². The third kappa shape index (κ3) is 15.7. The van der Waals surface area contributed by atoms with Gasteiger partial charge >= 0.3 is 54.1 Å². The van der Waals surface area contributed by atoms with E-state index in [4.69, 9.17) is 42.6 Å². The van der Waals surface area contributed by atoms with Gasteiger partial charge in [0.15, 0.2) is 0 Å². The Labute approximate surface area is 526 Å². The van der Waals surface area contributed by atoms with Gasteiger partial charge in [-0.3, -0.25) is 0 Å². The van der Waals surface area contributed by atoms with E-state index in [0.29, 0.717) is 54.3 Å². The molecular formula is C72H63N9O10. The van der Waals surface area contributed by atoms with Gasteiger partial charge in [0.2, 0.25) is 0 Å². The Balaban J connectivity index is 0.00000194. The van der Waals surface area contributed by atoms with Crippen LogP contribution in [0, 0.1) is 0 Å². The average molecular weight is 1210 g/mol. The molecule has 24 heterocycles. The number of hydrogen-bond donors (Lipinski definition) is 0. The molecule has 0 N–H and O–H groups in total. The summed E-state index contributed by atoms with van der Waals surface area (Å²) in [5, 5.41) is 0. The van der Waals surface area contributed by atoms with Crippen molar-refractivity contribution in [1.82, 2.24) is 44.9 Å². The molecule has 21 aliphatic rings. The summed E-state index contributed by atoms with van der Waals surface area (Å²) in [5.41, 5.74) is 11.1. The quantitative estimate of drug-likeness (QED) is 0.104. The van der Waals surface area contributed by atoms with Gasteiger partial charge in [-0.15, -0.1) is 44.9 Å². The summed E-state index contributed by atoms with van der Waals surface area (Å²) < 4.78 is 56.0. The van der Waals surface area contributed by atoms with Crippen molar-refractivity contribution in [3.8, 4) is 155 Å². The maximum Gasteiger partial charge on any atom is 0.331 e. The first-order chi connectivity index (χ1) is 44.5. The Kier molecular flexibility index (Phi) is 18.6. The van der Waals surface area contributed by atoms with E-state index in [0.717, 1.165) is 105 Å². The Morgan fingerprint density at radius 2 is 0.440 bits per heavy atom. The molecule has 32 rings (SSSR count). The molecule has 3 aromatic heterocycles. The molecule has 11 aromatic rings. The number of ether oxygens (including phenoxy) is 9. The van der Waals surface area contributed by atoms with Crippen LogP contribution >= 0.6 is 0 Å². The Morgan fingerprint density at radius 1 is 0.275 bits per heavy atom. The largest absolute Gasteiger partial charge is 0.463 e. The molecular weight excluding hydrogens is 1150 g/mol. The number of benzene rings is 8. The molecule has 456 valence electrons. The molecule has 0 amide bonds. The number of carbonyl (C=O) groups is 1. The summed E-state index contributed by atoms with van der Waals surface area (Å²) in [6.07, 6.45) is 5.20. The average Bonchev–Trinajstić information content (AvgIpc) is 2.99. The number of nitrogens with zero attached hydrogens (tertiary/aromatic N) is 9. The predicted octanol–water partition coefficient (Wildman–Crippen LogP) is 17.8. The van der Waals surface area contributed by atoms with E-state index in [-0.39, 0.29) is 59.9 Å². The lowest BCUT2D eigenvalue weighted by atomic mass is 9.93. The molecule has 0 radical (unpaired) electrons. The van der Waals surface area contributed by atoms with Crippen molar-refractivity contribution in [2.24, 2.45) is 0 Å². The molecule has 0 aliphatic carbocycles. The second kappa shape index (κ2) is 28.2. The van der Waals surface area contributed by atoms with E-state index in [1.54, 1.807) is 0 Å². The number of ketones is 1. The molecule has 19 nitrogen and oxygen atoms in total. The Morgan fingerprint density at radius 3 is 0.593 bits per heavy atom. The second-order valence-electron chi connectivity index (χ2n) is 21.4. The smallest absolute Gasteiger partial charge is 0.331 e. The molecule has 8 aromatic carbocycles. The fourth-order valence-corrected chi connectivity index (χ4v) is 9.53. The van der Waals surface area contributed by atoms with Crippen LogP contribution in [0.4, 0.5) is 0 Å². The zero-order valence-corrected chi connectivity index (χ0v) is 50.8. The number of unbranched alkanes of at least 4 members (excludes halogenated alkanes) is 3. The summed E-state index contributed by atoms with van der Waals surface area (Å²) >= 11 is 0. The summed E-state index contributed by atoms with van der Waals surface area (Å²) in [6, 6.07) is 59.3. The molecule has 24 bridgehead atoms. The van der Waals surface area contributed by atoms with Crippen molar-refractivity contribution in [1.29, 1.82) is 0 Å². The normalized spacial score (nSPS) is 11.7. The molecule has 0 fully saturated rings. The highest BCUT2D eigenvalue weighted by atomic mass is 16.5. The van der Waals surface area contributed by atoms with E-state index < -0.39 is 0 Å². The van der Waals surface area contributed by atoms with Gasteiger partial charge in [0.05, 0.1) is 19.8 Å². The van der Waals surface area contributed by atoms with Crippen molar-refractivity contribution < 1.29 is 47.4 Å². The minimum atomic E-state index is 0.00822. The highest BCUT2D eigenvalue weighted by molar-refractivity contribution is 5.83.